The summed E-state index contributed by atoms with van der Waals surface area (Å²) in [6.07, 6.45) is 2.25. The number of likely N-dealkylation sites (tertiary alicyclic amines) is 1. The van der Waals surface area contributed by atoms with Crippen molar-refractivity contribution >= 4 is 21.8 Å². The van der Waals surface area contributed by atoms with Gasteiger partial charge in [-0.05, 0) is 38.0 Å². The van der Waals surface area contributed by atoms with Crippen LogP contribution in [0.4, 0.5) is 0 Å². The predicted molar refractivity (Wildman–Crippen MR) is 63.9 cm³/mol. The Labute approximate surface area is 98.4 Å². The van der Waals surface area contributed by atoms with E-state index in [9.17, 15) is 4.79 Å². The lowest BCUT2D eigenvalue weighted by atomic mass is 10.2. The molecule has 3 heteroatoms. The van der Waals surface area contributed by atoms with Gasteiger partial charge in [-0.2, -0.15) is 0 Å². The lowest BCUT2D eigenvalue weighted by Crippen LogP contribution is -2.33. The average Bonchev–Trinajstić information content (AvgIpc) is 2.63. The Kier molecular flexibility index (Phi) is 3.10. The van der Waals surface area contributed by atoms with Crippen LogP contribution in [0, 0.1) is 0 Å². The van der Waals surface area contributed by atoms with E-state index in [0.717, 1.165) is 29.4 Å². The minimum atomic E-state index is 0.154. The van der Waals surface area contributed by atoms with Gasteiger partial charge in [0.2, 0.25) is 0 Å². The van der Waals surface area contributed by atoms with Gasteiger partial charge in [0.05, 0.1) is 0 Å². The summed E-state index contributed by atoms with van der Waals surface area (Å²) < 4.78 is 0.959. The first-order valence-corrected chi connectivity index (χ1v) is 6.04. The molecule has 1 saturated heterocycles. The zero-order chi connectivity index (χ0) is 10.8. The van der Waals surface area contributed by atoms with Crippen molar-refractivity contribution in [2.45, 2.75) is 25.8 Å². The van der Waals surface area contributed by atoms with Gasteiger partial charge in [-0.1, -0.05) is 22.0 Å². The summed E-state index contributed by atoms with van der Waals surface area (Å²) in [5.74, 6) is 0.154. The summed E-state index contributed by atoms with van der Waals surface area (Å²) in [6, 6.07) is 7.98. The summed E-state index contributed by atoms with van der Waals surface area (Å²) in [5, 5.41) is 0. The normalized spacial score (nSPS) is 20.7. The predicted octanol–water partition coefficient (Wildman–Crippen LogP) is 3.07. The summed E-state index contributed by atoms with van der Waals surface area (Å²) in [5.41, 5.74) is 0.776. The summed E-state index contributed by atoms with van der Waals surface area (Å²) in [7, 11) is 0. The molecule has 1 aromatic rings. The molecule has 0 aliphatic carbocycles. The van der Waals surface area contributed by atoms with Crippen molar-refractivity contribution in [2.24, 2.45) is 0 Å². The number of rotatable bonds is 1. The van der Waals surface area contributed by atoms with E-state index >= 15 is 0 Å². The Morgan fingerprint density at radius 3 is 2.93 bits per heavy atom. The van der Waals surface area contributed by atoms with Crippen LogP contribution < -0.4 is 0 Å². The zero-order valence-electron chi connectivity index (χ0n) is 8.74. The molecule has 0 aromatic heterocycles. The van der Waals surface area contributed by atoms with Crippen molar-refractivity contribution in [1.82, 2.24) is 4.90 Å². The highest BCUT2D eigenvalue weighted by Crippen LogP contribution is 2.20. The van der Waals surface area contributed by atoms with Crippen molar-refractivity contribution in [2.75, 3.05) is 6.54 Å². The highest BCUT2D eigenvalue weighted by molar-refractivity contribution is 9.10. The Hall–Kier alpha value is -0.830. The fraction of sp³-hybridized carbons (Fsp3) is 0.417. The molecule has 0 unspecified atom stereocenters. The number of carbonyl (C=O) groups is 1. The van der Waals surface area contributed by atoms with Gasteiger partial charge in [0.1, 0.15) is 0 Å². The number of hydrogen-bond acceptors (Lipinski definition) is 1. The second-order valence-electron chi connectivity index (χ2n) is 4.00. The zero-order valence-corrected chi connectivity index (χ0v) is 10.3. The van der Waals surface area contributed by atoms with E-state index in [0.29, 0.717) is 6.04 Å². The smallest absolute Gasteiger partial charge is 0.254 e. The van der Waals surface area contributed by atoms with Crippen molar-refractivity contribution in [3.63, 3.8) is 0 Å². The van der Waals surface area contributed by atoms with Crippen LogP contribution in [-0.4, -0.2) is 23.4 Å². The van der Waals surface area contributed by atoms with Crippen molar-refractivity contribution in [3.05, 3.63) is 34.3 Å². The molecule has 1 heterocycles. The molecule has 15 heavy (non-hydrogen) atoms. The maximum atomic E-state index is 12.1. The molecule has 0 N–H and O–H groups in total. The molecule has 0 saturated carbocycles. The SMILES string of the molecule is C[C@@H]1CCCN1C(=O)c1cccc(Br)c1. The molecule has 1 amide bonds. The monoisotopic (exact) mass is 267 g/mol. The fourth-order valence-corrected chi connectivity index (χ4v) is 2.42. The Morgan fingerprint density at radius 1 is 1.53 bits per heavy atom. The van der Waals surface area contributed by atoms with Crippen LogP contribution in [0.1, 0.15) is 30.1 Å². The highest BCUT2D eigenvalue weighted by Gasteiger charge is 2.25. The van der Waals surface area contributed by atoms with E-state index in [-0.39, 0.29) is 5.91 Å². The summed E-state index contributed by atoms with van der Waals surface area (Å²) in [4.78, 5) is 14.1. The first-order valence-electron chi connectivity index (χ1n) is 5.25. The lowest BCUT2D eigenvalue weighted by molar-refractivity contribution is 0.0747. The van der Waals surface area contributed by atoms with Crippen LogP contribution in [0.3, 0.4) is 0 Å². The van der Waals surface area contributed by atoms with Crippen LogP contribution in [0.2, 0.25) is 0 Å². The maximum Gasteiger partial charge on any atom is 0.254 e. The largest absolute Gasteiger partial charge is 0.336 e. The van der Waals surface area contributed by atoms with Gasteiger partial charge in [0, 0.05) is 22.6 Å². The molecule has 2 rings (SSSR count). The van der Waals surface area contributed by atoms with Gasteiger partial charge in [-0.25, -0.2) is 0 Å². The van der Waals surface area contributed by atoms with Crippen LogP contribution in [0.15, 0.2) is 28.7 Å². The fourth-order valence-electron chi connectivity index (χ4n) is 2.02. The molecule has 0 spiro atoms. The van der Waals surface area contributed by atoms with Crippen molar-refractivity contribution in [3.8, 4) is 0 Å². The topological polar surface area (TPSA) is 20.3 Å². The first kappa shape index (κ1) is 10.7. The Balaban J connectivity index is 2.20. The summed E-state index contributed by atoms with van der Waals surface area (Å²) in [6.45, 7) is 3.01. The van der Waals surface area contributed by atoms with E-state index in [1.165, 1.54) is 0 Å². The molecule has 80 valence electrons. The molecule has 1 aromatic carbocycles. The minimum Gasteiger partial charge on any atom is -0.336 e. The van der Waals surface area contributed by atoms with E-state index in [1.54, 1.807) is 0 Å². The first-order chi connectivity index (χ1) is 7.18. The van der Waals surface area contributed by atoms with Crippen LogP contribution >= 0.6 is 15.9 Å². The van der Waals surface area contributed by atoms with E-state index in [2.05, 4.69) is 22.9 Å². The maximum absolute atomic E-state index is 12.1. The standard InChI is InChI=1S/C12H14BrNO/c1-9-4-3-7-14(9)12(15)10-5-2-6-11(13)8-10/h2,5-6,8-9H,3-4,7H2,1H3/t9-/m1/s1. The van der Waals surface area contributed by atoms with Crippen molar-refractivity contribution in [1.29, 1.82) is 0 Å². The Morgan fingerprint density at radius 2 is 2.33 bits per heavy atom. The molecule has 1 aliphatic heterocycles. The summed E-state index contributed by atoms with van der Waals surface area (Å²) >= 11 is 3.38. The molecule has 2 nitrogen and oxygen atoms in total. The quantitative estimate of drug-likeness (QED) is 0.766. The van der Waals surface area contributed by atoms with Crippen LogP contribution in [-0.2, 0) is 0 Å². The molecular weight excluding hydrogens is 254 g/mol. The minimum absolute atomic E-state index is 0.154. The number of carbonyl (C=O) groups excluding carboxylic acids is 1. The number of benzene rings is 1. The number of nitrogens with zero attached hydrogens (tertiary/aromatic N) is 1. The van der Waals surface area contributed by atoms with Gasteiger partial charge < -0.3 is 4.90 Å². The second-order valence-corrected chi connectivity index (χ2v) is 4.92. The molecule has 0 bridgehead atoms. The van der Waals surface area contributed by atoms with Gasteiger partial charge in [0.15, 0.2) is 0 Å². The van der Waals surface area contributed by atoms with E-state index in [1.807, 2.05) is 29.2 Å². The van der Waals surface area contributed by atoms with Gasteiger partial charge in [0.25, 0.3) is 5.91 Å². The van der Waals surface area contributed by atoms with E-state index < -0.39 is 0 Å². The third-order valence-electron chi connectivity index (χ3n) is 2.89. The van der Waals surface area contributed by atoms with Crippen LogP contribution in [0.25, 0.3) is 0 Å². The van der Waals surface area contributed by atoms with Crippen LogP contribution in [0.5, 0.6) is 0 Å². The van der Waals surface area contributed by atoms with E-state index in [4.69, 9.17) is 0 Å². The molecule has 1 fully saturated rings. The Bertz CT molecular complexity index is 378. The number of amides is 1. The third-order valence-corrected chi connectivity index (χ3v) is 3.38. The molecule has 0 radical (unpaired) electrons. The number of halogens is 1. The average molecular weight is 268 g/mol. The number of hydrogen-bond donors (Lipinski definition) is 0. The third kappa shape index (κ3) is 2.23. The lowest BCUT2D eigenvalue weighted by Gasteiger charge is -2.21. The molecule has 1 atom stereocenters. The molecule has 1 aliphatic rings. The van der Waals surface area contributed by atoms with Gasteiger partial charge in [-0.15, -0.1) is 0 Å². The highest BCUT2D eigenvalue weighted by atomic mass is 79.9. The van der Waals surface area contributed by atoms with Gasteiger partial charge in [-0.3, -0.25) is 4.79 Å². The molecular formula is C12H14BrNO. The second kappa shape index (κ2) is 4.35. The van der Waals surface area contributed by atoms with Gasteiger partial charge >= 0.3 is 0 Å². The van der Waals surface area contributed by atoms with Crippen molar-refractivity contribution < 1.29 is 4.79 Å².